The van der Waals surface area contributed by atoms with E-state index in [-0.39, 0.29) is 18.4 Å². The fourth-order valence-electron chi connectivity index (χ4n) is 2.83. The molecule has 0 fully saturated rings. The number of hydrogen-bond acceptors (Lipinski definition) is 4. The summed E-state index contributed by atoms with van der Waals surface area (Å²) in [5.41, 5.74) is 2.46. The topological polar surface area (TPSA) is 84.5 Å². The van der Waals surface area contributed by atoms with Crippen LogP contribution in [0.3, 0.4) is 0 Å². The number of carbonyl (C=O) groups is 3. The lowest BCUT2D eigenvalue weighted by Crippen LogP contribution is -2.28. The molecule has 2 N–H and O–H groups in total. The molecule has 0 aliphatic rings. The summed E-state index contributed by atoms with van der Waals surface area (Å²) in [5.74, 6) is -0.172. The maximum Gasteiger partial charge on any atom is 0.262 e. The van der Waals surface area contributed by atoms with Crippen molar-refractivity contribution in [3.63, 3.8) is 0 Å². The van der Waals surface area contributed by atoms with E-state index in [4.69, 9.17) is 4.74 Å². The quantitative estimate of drug-likeness (QED) is 0.537. The van der Waals surface area contributed by atoms with Crippen LogP contribution in [0.1, 0.15) is 26.3 Å². The molecule has 0 aliphatic heterocycles. The van der Waals surface area contributed by atoms with Gasteiger partial charge in [-0.2, -0.15) is 0 Å². The number of benzene rings is 3. The average Bonchev–Trinajstić information content (AvgIpc) is 2.79. The molecule has 0 heterocycles. The van der Waals surface area contributed by atoms with Crippen LogP contribution in [0, 0.1) is 0 Å². The molecule has 30 heavy (non-hydrogen) atoms. The van der Waals surface area contributed by atoms with E-state index < -0.39 is 0 Å². The minimum absolute atomic E-state index is 0.218. The minimum atomic E-state index is -0.390. The van der Waals surface area contributed by atoms with Gasteiger partial charge >= 0.3 is 0 Å². The Labute approximate surface area is 174 Å². The first-order chi connectivity index (χ1) is 14.7. The summed E-state index contributed by atoms with van der Waals surface area (Å²) in [4.78, 5) is 35.5. The second-order valence-corrected chi connectivity index (χ2v) is 6.56. The lowest BCUT2D eigenvalue weighted by atomic mass is 10.1. The molecule has 3 aromatic rings. The fraction of sp³-hybridized carbons (Fsp3) is 0.125. The Balaban J connectivity index is 1.53. The van der Waals surface area contributed by atoms with Gasteiger partial charge in [0.2, 0.25) is 0 Å². The normalized spacial score (nSPS) is 10.1. The predicted molar refractivity (Wildman–Crippen MR) is 115 cm³/mol. The first-order valence-corrected chi connectivity index (χ1v) is 9.55. The number of rotatable bonds is 9. The molecule has 0 aromatic heterocycles. The van der Waals surface area contributed by atoms with Crippen LogP contribution in [-0.4, -0.2) is 31.3 Å². The highest BCUT2D eigenvalue weighted by Gasteiger charge is 2.13. The van der Waals surface area contributed by atoms with Crippen molar-refractivity contribution in [3.8, 4) is 5.75 Å². The van der Waals surface area contributed by atoms with E-state index >= 15 is 0 Å². The summed E-state index contributed by atoms with van der Waals surface area (Å²) in [6.07, 6.45) is 1.45. The summed E-state index contributed by atoms with van der Waals surface area (Å²) in [6.45, 7) is 0.273. The van der Waals surface area contributed by atoms with Crippen LogP contribution in [0.5, 0.6) is 5.75 Å². The lowest BCUT2D eigenvalue weighted by molar-refractivity contribution is -0.118. The predicted octanol–water partition coefficient (Wildman–Crippen LogP) is 3.49. The van der Waals surface area contributed by atoms with Gasteiger partial charge in [0, 0.05) is 12.1 Å². The van der Waals surface area contributed by atoms with Crippen molar-refractivity contribution in [1.82, 2.24) is 5.32 Å². The van der Waals surface area contributed by atoms with Gasteiger partial charge in [-0.25, -0.2) is 0 Å². The minimum Gasteiger partial charge on any atom is -0.484 e. The first kappa shape index (κ1) is 20.8. The molecule has 6 nitrogen and oxygen atoms in total. The van der Waals surface area contributed by atoms with E-state index in [1.54, 1.807) is 48.5 Å². The van der Waals surface area contributed by atoms with Gasteiger partial charge in [0.15, 0.2) is 6.61 Å². The first-order valence-electron chi connectivity index (χ1n) is 9.55. The van der Waals surface area contributed by atoms with Gasteiger partial charge in [0.1, 0.15) is 12.0 Å². The molecule has 2 amide bonds. The zero-order chi connectivity index (χ0) is 21.2. The second-order valence-electron chi connectivity index (χ2n) is 6.56. The van der Waals surface area contributed by atoms with Crippen LogP contribution >= 0.6 is 0 Å². The number of ether oxygens (including phenoxy) is 1. The van der Waals surface area contributed by atoms with Crippen molar-refractivity contribution >= 4 is 23.8 Å². The molecule has 0 atom stereocenters. The standard InChI is InChI=1S/C24H22N2O4/c27-16-19-10-12-20(13-11-19)30-17-23(28)26-22-9-5-4-8-21(22)24(29)25-15-14-18-6-2-1-3-7-18/h1-13,16H,14-15,17H2,(H,25,29)(H,26,28). The number of para-hydroxylation sites is 1. The molecule has 0 spiro atoms. The average molecular weight is 402 g/mol. The number of carbonyl (C=O) groups excluding carboxylic acids is 3. The third-order valence-corrected chi connectivity index (χ3v) is 4.37. The maximum absolute atomic E-state index is 12.6. The molecule has 0 aliphatic carbocycles. The number of amides is 2. The summed E-state index contributed by atoms with van der Waals surface area (Å²) >= 11 is 0. The Morgan fingerprint density at radius 3 is 2.30 bits per heavy atom. The van der Waals surface area contributed by atoms with Crippen LogP contribution in [0.4, 0.5) is 5.69 Å². The number of anilines is 1. The van der Waals surface area contributed by atoms with Crippen LogP contribution in [0.2, 0.25) is 0 Å². The molecule has 0 saturated heterocycles. The highest BCUT2D eigenvalue weighted by Crippen LogP contribution is 2.16. The summed E-state index contributed by atoms with van der Waals surface area (Å²) < 4.78 is 5.43. The Kier molecular flexibility index (Phi) is 7.33. The van der Waals surface area contributed by atoms with Crippen molar-refractivity contribution in [1.29, 1.82) is 0 Å². The van der Waals surface area contributed by atoms with E-state index in [1.165, 1.54) is 0 Å². The Morgan fingerprint density at radius 1 is 0.867 bits per heavy atom. The molecule has 0 unspecified atom stereocenters. The van der Waals surface area contributed by atoms with Crippen molar-refractivity contribution < 1.29 is 19.1 Å². The summed E-state index contributed by atoms with van der Waals surface area (Å²) in [6, 6.07) is 23.1. The molecule has 0 radical (unpaired) electrons. The fourth-order valence-corrected chi connectivity index (χ4v) is 2.83. The van der Waals surface area contributed by atoms with Gasteiger partial charge in [0.25, 0.3) is 11.8 Å². The van der Waals surface area contributed by atoms with Gasteiger partial charge in [-0.1, -0.05) is 42.5 Å². The Morgan fingerprint density at radius 2 is 1.57 bits per heavy atom. The highest BCUT2D eigenvalue weighted by molar-refractivity contribution is 6.04. The molecule has 0 bridgehead atoms. The Bertz CT molecular complexity index is 1000. The van der Waals surface area contributed by atoms with Crippen LogP contribution < -0.4 is 15.4 Å². The van der Waals surface area contributed by atoms with E-state index in [0.29, 0.717) is 29.1 Å². The SMILES string of the molecule is O=Cc1ccc(OCC(=O)Nc2ccccc2C(=O)NCCc2ccccc2)cc1. The molecular weight excluding hydrogens is 380 g/mol. The lowest BCUT2D eigenvalue weighted by Gasteiger charge is -2.12. The smallest absolute Gasteiger partial charge is 0.262 e. The van der Waals surface area contributed by atoms with Gasteiger partial charge < -0.3 is 15.4 Å². The zero-order valence-electron chi connectivity index (χ0n) is 16.3. The summed E-state index contributed by atoms with van der Waals surface area (Å²) in [5, 5.41) is 5.59. The molecule has 3 aromatic carbocycles. The largest absolute Gasteiger partial charge is 0.484 e. The van der Waals surface area contributed by atoms with Crippen LogP contribution in [0.25, 0.3) is 0 Å². The van der Waals surface area contributed by atoms with Crippen LogP contribution in [-0.2, 0) is 11.2 Å². The van der Waals surface area contributed by atoms with Crippen molar-refractivity contribution in [3.05, 3.63) is 95.6 Å². The monoisotopic (exact) mass is 402 g/mol. The van der Waals surface area contributed by atoms with Crippen molar-refractivity contribution in [2.75, 3.05) is 18.5 Å². The van der Waals surface area contributed by atoms with Crippen molar-refractivity contribution in [2.45, 2.75) is 6.42 Å². The number of aldehydes is 1. The van der Waals surface area contributed by atoms with E-state index in [1.807, 2.05) is 30.3 Å². The van der Waals surface area contributed by atoms with Gasteiger partial charge in [-0.3, -0.25) is 14.4 Å². The Hall–Kier alpha value is -3.93. The maximum atomic E-state index is 12.6. The van der Waals surface area contributed by atoms with Gasteiger partial charge in [-0.05, 0) is 48.4 Å². The molecule has 6 heteroatoms. The number of nitrogens with one attached hydrogen (secondary N) is 2. The van der Waals surface area contributed by atoms with E-state index in [2.05, 4.69) is 10.6 Å². The molecule has 3 rings (SSSR count). The van der Waals surface area contributed by atoms with Gasteiger partial charge in [0.05, 0.1) is 11.3 Å². The highest BCUT2D eigenvalue weighted by atomic mass is 16.5. The van der Waals surface area contributed by atoms with Crippen molar-refractivity contribution in [2.24, 2.45) is 0 Å². The van der Waals surface area contributed by atoms with E-state index in [9.17, 15) is 14.4 Å². The molecular formula is C24H22N2O4. The van der Waals surface area contributed by atoms with Crippen LogP contribution in [0.15, 0.2) is 78.9 Å². The molecule has 152 valence electrons. The second kappa shape index (κ2) is 10.6. The number of hydrogen-bond donors (Lipinski definition) is 2. The van der Waals surface area contributed by atoms with Gasteiger partial charge in [-0.15, -0.1) is 0 Å². The third-order valence-electron chi connectivity index (χ3n) is 4.37. The summed E-state index contributed by atoms with van der Waals surface area (Å²) in [7, 11) is 0. The zero-order valence-corrected chi connectivity index (χ0v) is 16.3. The third kappa shape index (κ3) is 6.04. The van der Waals surface area contributed by atoms with E-state index in [0.717, 1.165) is 18.3 Å². The molecule has 0 saturated carbocycles.